The van der Waals surface area contributed by atoms with Crippen LogP contribution < -0.4 is 14.2 Å². The molecule has 0 bridgehead atoms. The van der Waals surface area contributed by atoms with Gasteiger partial charge in [-0.05, 0) is 35.4 Å². The SMILES string of the molecule is CC(C)(c1ccc(OCc2nc(NS(C)(=O)=O)co2)cc1)c1cc(Cl)c(OCCCl)c(C#N)c1. The van der Waals surface area contributed by atoms with Crippen molar-refractivity contribution in [2.75, 3.05) is 23.5 Å². The first kappa shape index (κ1) is 25.7. The fourth-order valence-corrected chi connectivity index (χ4v) is 4.04. The molecule has 0 unspecified atom stereocenters. The molecular formula is C23H23Cl2N3O5S. The molecule has 1 aromatic heterocycles. The van der Waals surface area contributed by atoms with Crippen molar-refractivity contribution in [2.24, 2.45) is 0 Å². The average molecular weight is 524 g/mol. The highest BCUT2D eigenvalue weighted by Crippen LogP contribution is 2.38. The quantitative estimate of drug-likeness (QED) is 0.367. The van der Waals surface area contributed by atoms with Crippen LogP contribution in [0.25, 0.3) is 0 Å². The zero-order valence-corrected chi connectivity index (χ0v) is 21.1. The largest absolute Gasteiger partial charge is 0.489 e. The van der Waals surface area contributed by atoms with E-state index >= 15 is 0 Å². The fraction of sp³-hybridized carbons (Fsp3) is 0.304. The minimum absolute atomic E-state index is 0.0269. The Morgan fingerprint density at radius 1 is 1.18 bits per heavy atom. The summed E-state index contributed by atoms with van der Waals surface area (Å²) in [5, 5.41) is 9.91. The van der Waals surface area contributed by atoms with Gasteiger partial charge in [0.15, 0.2) is 18.2 Å². The molecule has 180 valence electrons. The van der Waals surface area contributed by atoms with Crippen LogP contribution in [-0.2, 0) is 22.0 Å². The predicted molar refractivity (Wildman–Crippen MR) is 130 cm³/mol. The van der Waals surface area contributed by atoms with Gasteiger partial charge in [0, 0.05) is 5.41 Å². The summed E-state index contributed by atoms with van der Waals surface area (Å²) in [5.41, 5.74) is 1.71. The lowest BCUT2D eigenvalue weighted by molar-refractivity contribution is 0.263. The number of alkyl halides is 1. The highest BCUT2D eigenvalue weighted by molar-refractivity contribution is 7.92. The van der Waals surface area contributed by atoms with Crippen LogP contribution in [-0.4, -0.2) is 32.1 Å². The maximum Gasteiger partial charge on any atom is 0.234 e. The fourth-order valence-electron chi connectivity index (χ4n) is 3.22. The minimum atomic E-state index is -3.44. The normalized spacial score (nSPS) is 11.6. The van der Waals surface area contributed by atoms with E-state index < -0.39 is 15.4 Å². The van der Waals surface area contributed by atoms with Crippen LogP contribution in [0.2, 0.25) is 5.02 Å². The van der Waals surface area contributed by atoms with Crippen LogP contribution in [0.15, 0.2) is 47.1 Å². The number of hydrogen-bond acceptors (Lipinski definition) is 7. The van der Waals surface area contributed by atoms with E-state index in [2.05, 4.69) is 15.8 Å². The molecule has 0 aliphatic carbocycles. The molecule has 1 heterocycles. The molecule has 34 heavy (non-hydrogen) atoms. The van der Waals surface area contributed by atoms with Crippen molar-refractivity contribution in [1.82, 2.24) is 4.98 Å². The highest BCUT2D eigenvalue weighted by atomic mass is 35.5. The molecule has 0 atom stereocenters. The van der Waals surface area contributed by atoms with E-state index in [0.29, 0.717) is 22.1 Å². The molecule has 0 saturated heterocycles. The smallest absolute Gasteiger partial charge is 0.234 e. The standard InChI is InChI=1S/C23H23Cl2N3O5S/c1-23(2,17-10-15(12-26)22(19(25)11-17)31-9-8-24)16-4-6-18(7-5-16)32-14-21-27-20(13-33-21)28-34(3,29)30/h4-7,10-11,13,28H,8-9,14H2,1-3H3. The van der Waals surface area contributed by atoms with Gasteiger partial charge in [-0.15, -0.1) is 11.6 Å². The van der Waals surface area contributed by atoms with Gasteiger partial charge >= 0.3 is 0 Å². The summed E-state index contributed by atoms with van der Waals surface area (Å²) in [6.07, 6.45) is 2.23. The van der Waals surface area contributed by atoms with Gasteiger partial charge in [-0.3, -0.25) is 4.72 Å². The molecular weight excluding hydrogens is 501 g/mol. The van der Waals surface area contributed by atoms with E-state index in [1.54, 1.807) is 24.3 Å². The molecule has 8 nitrogen and oxygen atoms in total. The van der Waals surface area contributed by atoms with Gasteiger partial charge in [0.2, 0.25) is 15.9 Å². The summed E-state index contributed by atoms with van der Waals surface area (Å²) >= 11 is 12.1. The molecule has 3 rings (SSSR count). The summed E-state index contributed by atoms with van der Waals surface area (Å²) < 4.78 is 41.2. The second-order valence-electron chi connectivity index (χ2n) is 7.92. The second kappa shape index (κ2) is 10.6. The predicted octanol–water partition coefficient (Wildman–Crippen LogP) is 5.09. The van der Waals surface area contributed by atoms with Gasteiger partial charge in [-0.25, -0.2) is 8.42 Å². The molecule has 0 amide bonds. The number of nitrogens with zero attached hydrogens (tertiary/aromatic N) is 2. The Morgan fingerprint density at radius 3 is 2.50 bits per heavy atom. The van der Waals surface area contributed by atoms with Crippen molar-refractivity contribution in [3.63, 3.8) is 0 Å². The number of rotatable bonds is 10. The number of nitriles is 1. The zero-order chi connectivity index (χ0) is 24.9. The zero-order valence-electron chi connectivity index (χ0n) is 18.8. The maximum absolute atomic E-state index is 11.3. The van der Waals surface area contributed by atoms with Crippen LogP contribution >= 0.6 is 23.2 Å². The Kier molecular flexibility index (Phi) is 7.97. The third-order valence-corrected chi connectivity index (χ3v) is 6.00. The van der Waals surface area contributed by atoms with Gasteiger partial charge in [0.1, 0.15) is 24.7 Å². The van der Waals surface area contributed by atoms with Gasteiger partial charge in [-0.1, -0.05) is 37.6 Å². The molecule has 0 radical (unpaired) electrons. The minimum Gasteiger partial charge on any atom is -0.489 e. The number of oxazole rings is 1. The first-order valence-electron chi connectivity index (χ1n) is 10.1. The summed E-state index contributed by atoms with van der Waals surface area (Å²) in [5.74, 6) is 1.52. The van der Waals surface area contributed by atoms with Crippen molar-refractivity contribution >= 4 is 39.0 Å². The van der Waals surface area contributed by atoms with E-state index in [1.165, 1.54) is 6.26 Å². The van der Waals surface area contributed by atoms with Crippen molar-refractivity contribution in [3.8, 4) is 17.6 Å². The highest BCUT2D eigenvalue weighted by Gasteiger charge is 2.26. The summed E-state index contributed by atoms with van der Waals surface area (Å²) in [6, 6.07) is 13.1. The van der Waals surface area contributed by atoms with E-state index in [-0.39, 0.29) is 30.8 Å². The van der Waals surface area contributed by atoms with Crippen LogP contribution in [0, 0.1) is 11.3 Å². The molecule has 0 saturated carbocycles. The molecule has 0 aliphatic heterocycles. The lowest BCUT2D eigenvalue weighted by Crippen LogP contribution is -2.19. The van der Waals surface area contributed by atoms with Gasteiger partial charge < -0.3 is 13.9 Å². The monoisotopic (exact) mass is 523 g/mol. The Balaban J connectivity index is 1.73. The first-order valence-corrected chi connectivity index (χ1v) is 12.9. The van der Waals surface area contributed by atoms with Crippen LogP contribution in [0.3, 0.4) is 0 Å². The third-order valence-electron chi connectivity index (χ3n) is 4.99. The van der Waals surface area contributed by atoms with Crippen molar-refractivity contribution in [1.29, 1.82) is 5.26 Å². The maximum atomic E-state index is 11.3. The van der Waals surface area contributed by atoms with E-state index in [0.717, 1.165) is 17.4 Å². The molecule has 2 aromatic carbocycles. The Bertz CT molecular complexity index is 1300. The number of sulfonamides is 1. The van der Waals surface area contributed by atoms with Gasteiger partial charge in [0.25, 0.3) is 0 Å². The Morgan fingerprint density at radius 2 is 1.88 bits per heavy atom. The summed E-state index contributed by atoms with van der Waals surface area (Å²) in [7, 11) is -3.44. The molecule has 3 aromatic rings. The summed E-state index contributed by atoms with van der Waals surface area (Å²) in [4.78, 5) is 4.02. The molecule has 0 aliphatic rings. The van der Waals surface area contributed by atoms with Gasteiger partial charge in [0.05, 0.1) is 22.7 Å². The molecule has 0 spiro atoms. The average Bonchev–Trinajstić information content (AvgIpc) is 3.22. The van der Waals surface area contributed by atoms with E-state index in [9.17, 15) is 13.7 Å². The molecule has 11 heteroatoms. The van der Waals surface area contributed by atoms with Crippen molar-refractivity contribution in [2.45, 2.75) is 25.9 Å². The number of hydrogen-bond donors (Lipinski definition) is 1. The van der Waals surface area contributed by atoms with E-state index in [4.69, 9.17) is 37.1 Å². The number of anilines is 1. The van der Waals surface area contributed by atoms with Crippen LogP contribution in [0.4, 0.5) is 5.82 Å². The Hall–Kier alpha value is -2.93. The number of nitrogens with one attached hydrogen (secondary N) is 1. The number of ether oxygens (including phenoxy) is 2. The topological polar surface area (TPSA) is 114 Å². The number of benzene rings is 2. The van der Waals surface area contributed by atoms with Crippen LogP contribution in [0.5, 0.6) is 11.5 Å². The van der Waals surface area contributed by atoms with Crippen molar-refractivity contribution < 1.29 is 22.3 Å². The summed E-state index contributed by atoms with van der Waals surface area (Å²) in [6.45, 7) is 4.33. The van der Waals surface area contributed by atoms with E-state index in [1.807, 2.05) is 26.0 Å². The van der Waals surface area contributed by atoms with Gasteiger partial charge in [-0.2, -0.15) is 10.2 Å². The van der Waals surface area contributed by atoms with Crippen LogP contribution in [0.1, 0.15) is 36.4 Å². The lowest BCUT2D eigenvalue weighted by atomic mass is 9.77. The molecule has 1 N–H and O–H groups in total. The lowest BCUT2D eigenvalue weighted by Gasteiger charge is -2.27. The number of halogens is 2. The third kappa shape index (κ3) is 6.35. The second-order valence-corrected chi connectivity index (χ2v) is 10.5. The first-order chi connectivity index (χ1) is 16.0. The number of aromatic nitrogens is 1. The molecule has 0 fully saturated rings. The Labute approximate surface area is 208 Å². The van der Waals surface area contributed by atoms with Crippen molar-refractivity contribution in [3.05, 3.63) is 70.3 Å².